The number of imidazole rings is 1. The van der Waals surface area contributed by atoms with Crippen LogP contribution in [0.25, 0.3) is 22.3 Å². The monoisotopic (exact) mass is 714 g/mol. The van der Waals surface area contributed by atoms with Gasteiger partial charge in [0.15, 0.2) is 5.82 Å². The van der Waals surface area contributed by atoms with Crippen LogP contribution in [-0.4, -0.2) is 73.5 Å². The van der Waals surface area contributed by atoms with Crippen LogP contribution in [0.5, 0.6) is 0 Å². The van der Waals surface area contributed by atoms with Crippen LogP contribution in [-0.2, 0) is 5.41 Å². The SMILES string of the molecule is Cc1cc(F)c(Nc2nc(-c3cnc4c(c3)N([C@H]3C[C@@](C)(N5CCCCC5)C3)CC4(C)C)cc3ncn(C(C)C)c23)cc1C(=O)NC1(C(F)F)CC1. The molecule has 2 saturated carbocycles. The summed E-state index contributed by atoms with van der Waals surface area (Å²) < 4.78 is 44.9. The van der Waals surface area contributed by atoms with Crippen molar-refractivity contribution in [2.45, 2.75) is 121 Å². The van der Waals surface area contributed by atoms with Gasteiger partial charge >= 0.3 is 0 Å². The zero-order chi connectivity index (χ0) is 36.7. The van der Waals surface area contributed by atoms with E-state index >= 15 is 4.39 Å². The van der Waals surface area contributed by atoms with Crippen LogP contribution >= 0.6 is 0 Å². The number of anilines is 3. The van der Waals surface area contributed by atoms with Crippen LogP contribution in [0.2, 0.25) is 0 Å². The van der Waals surface area contributed by atoms with Crippen molar-refractivity contribution in [3.63, 3.8) is 0 Å². The third-order valence-corrected chi connectivity index (χ3v) is 12.1. The molecule has 1 aromatic carbocycles. The molecular weight excluding hydrogens is 665 g/mol. The summed E-state index contributed by atoms with van der Waals surface area (Å²) in [5, 5.41) is 5.67. The third-order valence-electron chi connectivity index (χ3n) is 12.1. The maximum atomic E-state index is 15.6. The molecule has 9 nitrogen and oxygen atoms in total. The molecule has 4 aromatic rings. The Kier molecular flexibility index (Phi) is 8.35. The molecule has 1 amide bonds. The maximum absolute atomic E-state index is 15.6. The highest BCUT2D eigenvalue weighted by atomic mass is 19.3. The van der Waals surface area contributed by atoms with Gasteiger partial charge in [-0.1, -0.05) is 20.3 Å². The number of pyridine rings is 2. The molecule has 0 bridgehead atoms. The van der Waals surface area contributed by atoms with E-state index in [1.54, 1.807) is 13.3 Å². The summed E-state index contributed by atoms with van der Waals surface area (Å²) in [6.07, 6.45) is 7.51. The second kappa shape index (κ2) is 12.5. The van der Waals surface area contributed by atoms with E-state index in [1.165, 1.54) is 44.5 Å². The minimum absolute atomic E-state index is 0.0156. The molecule has 3 aromatic heterocycles. The van der Waals surface area contributed by atoms with Gasteiger partial charge in [-0.3, -0.25) is 14.7 Å². The predicted octanol–water partition coefficient (Wildman–Crippen LogP) is 8.30. The zero-order valence-corrected chi connectivity index (χ0v) is 31.0. The molecule has 0 unspecified atom stereocenters. The zero-order valence-electron chi connectivity index (χ0n) is 31.0. The van der Waals surface area contributed by atoms with E-state index in [-0.39, 0.29) is 41.1 Å². The Morgan fingerprint density at radius 3 is 2.40 bits per heavy atom. The van der Waals surface area contributed by atoms with E-state index < -0.39 is 23.7 Å². The third kappa shape index (κ3) is 5.90. The van der Waals surface area contributed by atoms with Gasteiger partial charge in [0, 0.05) is 46.9 Å². The van der Waals surface area contributed by atoms with Gasteiger partial charge in [0.2, 0.25) is 0 Å². The maximum Gasteiger partial charge on any atom is 0.261 e. The van der Waals surface area contributed by atoms with Gasteiger partial charge in [0.05, 0.1) is 34.6 Å². The second-order valence-corrected chi connectivity index (χ2v) is 16.9. The number of fused-ring (bicyclic) bond motifs is 2. The number of carbonyl (C=O) groups is 1. The molecule has 2 aliphatic heterocycles. The van der Waals surface area contributed by atoms with Crippen molar-refractivity contribution in [1.29, 1.82) is 0 Å². The minimum atomic E-state index is -2.67. The van der Waals surface area contributed by atoms with E-state index in [2.05, 4.69) is 47.3 Å². The number of aromatic nitrogens is 4. The Morgan fingerprint density at radius 2 is 1.73 bits per heavy atom. The van der Waals surface area contributed by atoms with Crippen molar-refractivity contribution in [3.8, 4) is 11.3 Å². The van der Waals surface area contributed by atoms with Crippen LogP contribution in [0.4, 0.5) is 30.4 Å². The fourth-order valence-corrected chi connectivity index (χ4v) is 8.77. The lowest BCUT2D eigenvalue weighted by molar-refractivity contribution is 0.00197. The van der Waals surface area contributed by atoms with E-state index in [9.17, 15) is 13.6 Å². The topological polar surface area (TPSA) is 91.2 Å². The molecule has 5 heterocycles. The number of carbonyl (C=O) groups excluding carboxylic acids is 1. The average molecular weight is 715 g/mol. The van der Waals surface area contributed by atoms with Crippen LogP contribution < -0.4 is 15.5 Å². The number of alkyl halides is 2. The Hall–Kier alpha value is -4.19. The van der Waals surface area contributed by atoms with Crippen LogP contribution in [0.1, 0.15) is 107 Å². The molecule has 4 aliphatic rings. The summed E-state index contributed by atoms with van der Waals surface area (Å²) in [5.74, 6) is -0.876. The first-order chi connectivity index (χ1) is 24.7. The number of hydrogen-bond donors (Lipinski definition) is 2. The largest absolute Gasteiger partial charge is 0.366 e. The number of hydrogen-bond acceptors (Lipinski definition) is 7. The molecule has 0 atom stereocenters. The summed E-state index contributed by atoms with van der Waals surface area (Å²) in [4.78, 5) is 33.3. The minimum Gasteiger partial charge on any atom is -0.366 e. The molecule has 52 heavy (non-hydrogen) atoms. The predicted molar refractivity (Wildman–Crippen MR) is 198 cm³/mol. The lowest BCUT2D eigenvalue weighted by atomic mass is 9.71. The fourth-order valence-electron chi connectivity index (χ4n) is 8.77. The number of nitrogens with one attached hydrogen (secondary N) is 2. The van der Waals surface area contributed by atoms with Crippen LogP contribution in [0.3, 0.4) is 0 Å². The lowest BCUT2D eigenvalue weighted by Gasteiger charge is -2.56. The standard InChI is InChI=1S/C40H49F3N8O/c1-23(2)51-22-45-31-17-29(46-35(33(31)51)47-30-16-27(24(3)14-28(30)41)36(52)48-40(10-11-40)37(42)43)25-15-32-34(44-20-25)38(4,5)21-50(32)26-18-39(6,19-26)49-12-8-7-9-13-49/h14-17,20,22-23,26,37H,7-13,18-19,21H2,1-6H3,(H,46,47)(H,48,52)/t26-,39+. The van der Waals surface area contributed by atoms with Gasteiger partial charge in [-0.2, -0.15) is 0 Å². The Balaban J connectivity index is 1.14. The van der Waals surface area contributed by atoms with Gasteiger partial charge in [-0.05, 0) is 109 Å². The first kappa shape index (κ1) is 34.9. The van der Waals surface area contributed by atoms with Crippen molar-refractivity contribution in [1.82, 2.24) is 29.7 Å². The molecule has 12 heteroatoms. The number of aryl methyl sites for hydroxylation is 1. The molecule has 1 saturated heterocycles. The highest BCUT2D eigenvalue weighted by Crippen LogP contribution is 2.49. The molecule has 0 radical (unpaired) electrons. The summed E-state index contributed by atoms with van der Waals surface area (Å²) in [6, 6.07) is 7.22. The summed E-state index contributed by atoms with van der Waals surface area (Å²) in [7, 11) is 0. The molecule has 2 N–H and O–H groups in total. The summed E-state index contributed by atoms with van der Waals surface area (Å²) >= 11 is 0. The van der Waals surface area contributed by atoms with Crippen molar-refractivity contribution >= 4 is 34.1 Å². The van der Waals surface area contributed by atoms with E-state index in [0.29, 0.717) is 34.2 Å². The molecular formula is C40H49F3N8O. The number of amides is 1. The summed E-state index contributed by atoms with van der Waals surface area (Å²) in [6.45, 7) is 15.9. The van der Waals surface area contributed by atoms with Crippen molar-refractivity contribution < 1.29 is 18.0 Å². The first-order valence-electron chi connectivity index (χ1n) is 18.8. The number of benzene rings is 1. The lowest BCUT2D eigenvalue weighted by Crippen LogP contribution is -2.63. The first-order valence-corrected chi connectivity index (χ1v) is 18.8. The molecule has 276 valence electrons. The van der Waals surface area contributed by atoms with Gasteiger partial charge in [0.1, 0.15) is 16.9 Å². The second-order valence-electron chi connectivity index (χ2n) is 16.9. The van der Waals surface area contributed by atoms with Gasteiger partial charge in [-0.25, -0.2) is 23.1 Å². The van der Waals surface area contributed by atoms with Gasteiger partial charge in [0.25, 0.3) is 12.3 Å². The van der Waals surface area contributed by atoms with Crippen LogP contribution in [0.15, 0.2) is 36.8 Å². The van der Waals surface area contributed by atoms with E-state index in [0.717, 1.165) is 36.3 Å². The van der Waals surface area contributed by atoms with Crippen molar-refractivity contribution in [2.75, 3.05) is 29.9 Å². The average Bonchev–Trinajstić information content (AvgIpc) is 3.66. The molecule has 2 aliphatic carbocycles. The smallest absolute Gasteiger partial charge is 0.261 e. The summed E-state index contributed by atoms with van der Waals surface area (Å²) in [5.41, 5.74) is 4.14. The molecule has 8 rings (SSSR count). The molecule has 0 spiro atoms. The van der Waals surface area contributed by atoms with Gasteiger partial charge < -0.3 is 20.1 Å². The van der Waals surface area contributed by atoms with E-state index in [1.807, 2.05) is 30.7 Å². The fraction of sp³-hybridized carbons (Fsp3) is 0.550. The normalized spacial score (nSPS) is 23.6. The Bertz CT molecular complexity index is 2040. The number of halogens is 3. The number of piperidine rings is 1. The number of nitrogens with zero attached hydrogens (tertiary/aromatic N) is 6. The number of rotatable bonds is 9. The number of likely N-dealkylation sites (tertiary alicyclic amines) is 1. The van der Waals surface area contributed by atoms with Crippen LogP contribution in [0, 0.1) is 12.7 Å². The quantitative estimate of drug-likeness (QED) is 0.180. The van der Waals surface area contributed by atoms with Crippen molar-refractivity contribution in [3.05, 3.63) is 59.4 Å². The van der Waals surface area contributed by atoms with E-state index in [4.69, 9.17) is 15.0 Å². The molecule has 3 fully saturated rings. The van der Waals surface area contributed by atoms with Crippen molar-refractivity contribution in [2.24, 2.45) is 0 Å². The Labute approximate surface area is 303 Å². The Morgan fingerprint density at radius 1 is 1.00 bits per heavy atom. The van der Waals surface area contributed by atoms with Gasteiger partial charge in [-0.15, -0.1) is 0 Å². The highest BCUT2D eigenvalue weighted by Gasteiger charge is 2.53. The highest BCUT2D eigenvalue weighted by molar-refractivity contribution is 5.98.